The fourth-order valence-corrected chi connectivity index (χ4v) is 1.93. The number of hydrogen-bond donors (Lipinski definition) is 1. The zero-order valence-electron chi connectivity index (χ0n) is 11.9. The number of alkyl halides is 3. The lowest BCUT2D eigenvalue weighted by molar-refractivity contribution is -0.137. The van der Waals surface area contributed by atoms with E-state index in [0.29, 0.717) is 24.4 Å². The molecule has 0 saturated carbocycles. The van der Waals surface area contributed by atoms with Gasteiger partial charge >= 0.3 is 6.18 Å². The summed E-state index contributed by atoms with van der Waals surface area (Å²) in [6.07, 6.45) is -3.08. The maximum atomic E-state index is 13.0. The highest BCUT2D eigenvalue weighted by molar-refractivity contribution is 5.17. The highest BCUT2D eigenvalue weighted by Crippen LogP contribution is 2.28. The van der Waals surface area contributed by atoms with Crippen molar-refractivity contribution in [3.8, 4) is 0 Å². The first-order valence-electron chi connectivity index (χ1n) is 6.74. The smallest absolute Gasteiger partial charge is 0.308 e. The Labute approximate surface area is 125 Å². The monoisotopic (exact) mass is 313 g/mol. The van der Waals surface area contributed by atoms with E-state index in [2.05, 4.69) is 15.3 Å². The van der Waals surface area contributed by atoms with Crippen molar-refractivity contribution in [1.29, 1.82) is 0 Å². The average Bonchev–Trinajstić information content (AvgIpc) is 2.47. The molecule has 2 aromatic rings. The normalized spacial score (nSPS) is 13.1. The number of halogens is 4. The molecule has 0 fully saturated rings. The number of pyridine rings is 2. The average molecular weight is 313 g/mol. The van der Waals surface area contributed by atoms with Gasteiger partial charge in [-0.1, -0.05) is 6.07 Å². The van der Waals surface area contributed by atoms with E-state index in [4.69, 9.17) is 0 Å². The lowest BCUT2D eigenvalue weighted by Crippen LogP contribution is -2.22. The summed E-state index contributed by atoms with van der Waals surface area (Å²) in [5, 5.41) is 3.13. The molecule has 2 rings (SSSR count). The van der Waals surface area contributed by atoms with Gasteiger partial charge in [-0.25, -0.2) is 4.98 Å². The maximum absolute atomic E-state index is 13.0. The third-order valence-electron chi connectivity index (χ3n) is 3.16. The van der Waals surface area contributed by atoms with E-state index in [1.165, 1.54) is 12.1 Å². The van der Waals surface area contributed by atoms with Crippen LogP contribution in [0.4, 0.5) is 17.6 Å². The molecule has 1 N–H and O–H groups in total. The Balaban J connectivity index is 1.86. The van der Waals surface area contributed by atoms with E-state index in [1.54, 1.807) is 12.1 Å². The van der Waals surface area contributed by atoms with Gasteiger partial charge in [-0.15, -0.1) is 0 Å². The van der Waals surface area contributed by atoms with Crippen molar-refractivity contribution in [2.75, 3.05) is 6.54 Å². The molecule has 2 aromatic heterocycles. The second-order valence-electron chi connectivity index (χ2n) is 4.85. The predicted octanol–water partition coefficient (Wildman–Crippen LogP) is 3.53. The molecule has 22 heavy (non-hydrogen) atoms. The van der Waals surface area contributed by atoms with Crippen LogP contribution in [-0.2, 0) is 12.6 Å². The van der Waals surface area contributed by atoms with Gasteiger partial charge in [0.1, 0.15) is 0 Å². The molecule has 0 aliphatic carbocycles. The van der Waals surface area contributed by atoms with Gasteiger partial charge in [0.15, 0.2) is 0 Å². The van der Waals surface area contributed by atoms with Crippen LogP contribution >= 0.6 is 0 Å². The van der Waals surface area contributed by atoms with E-state index in [1.807, 2.05) is 6.92 Å². The van der Waals surface area contributed by atoms with E-state index >= 15 is 0 Å². The molecule has 0 aliphatic heterocycles. The van der Waals surface area contributed by atoms with Crippen LogP contribution < -0.4 is 5.32 Å². The minimum absolute atomic E-state index is 0.162. The third kappa shape index (κ3) is 4.49. The maximum Gasteiger partial charge on any atom is 0.417 e. The summed E-state index contributed by atoms with van der Waals surface area (Å²) in [5.41, 5.74) is 0.363. The lowest BCUT2D eigenvalue weighted by atomic mass is 10.2. The van der Waals surface area contributed by atoms with Crippen molar-refractivity contribution >= 4 is 0 Å². The summed E-state index contributed by atoms with van der Waals surface area (Å²) in [6.45, 7) is 2.33. The van der Waals surface area contributed by atoms with Crippen molar-refractivity contribution in [3.05, 3.63) is 59.4 Å². The molecular formula is C15H15F4N3. The molecule has 0 spiro atoms. The minimum Gasteiger partial charge on any atom is -0.308 e. The van der Waals surface area contributed by atoms with E-state index in [0.717, 1.165) is 12.3 Å². The number of nitrogens with one attached hydrogen (secondary N) is 1. The molecule has 2 heterocycles. The van der Waals surface area contributed by atoms with Crippen LogP contribution in [0.25, 0.3) is 0 Å². The Morgan fingerprint density at radius 2 is 1.95 bits per heavy atom. The van der Waals surface area contributed by atoms with Crippen molar-refractivity contribution in [2.24, 2.45) is 0 Å². The van der Waals surface area contributed by atoms with Crippen molar-refractivity contribution < 1.29 is 17.6 Å². The predicted molar refractivity (Wildman–Crippen MR) is 73.6 cm³/mol. The number of aromatic nitrogens is 2. The summed E-state index contributed by atoms with van der Waals surface area (Å²) in [7, 11) is 0. The second kappa shape index (κ2) is 6.83. The van der Waals surface area contributed by atoms with E-state index < -0.39 is 17.7 Å². The van der Waals surface area contributed by atoms with Gasteiger partial charge in [-0.05, 0) is 31.2 Å². The number of nitrogens with zero attached hydrogens (tertiary/aromatic N) is 2. The quantitative estimate of drug-likeness (QED) is 0.678. The van der Waals surface area contributed by atoms with E-state index in [9.17, 15) is 17.6 Å². The molecule has 0 saturated heterocycles. The Kier molecular flexibility index (Phi) is 5.07. The molecule has 0 aromatic carbocycles. The van der Waals surface area contributed by atoms with Crippen LogP contribution in [0.3, 0.4) is 0 Å². The molecule has 0 bridgehead atoms. The van der Waals surface area contributed by atoms with Gasteiger partial charge < -0.3 is 5.32 Å². The van der Waals surface area contributed by atoms with E-state index in [-0.39, 0.29) is 6.04 Å². The SMILES string of the molecule is CC(NCCc1ccc(C(F)(F)F)cn1)c1cccc(F)n1. The Morgan fingerprint density at radius 1 is 1.18 bits per heavy atom. The molecule has 118 valence electrons. The standard InChI is InChI=1S/C15H15F4N3/c1-10(13-3-2-4-14(16)22-13)20-8-7-12-6-5-11(9-21-12)15(17,18)19/h2-6,9-10,20H,7-8H2,1H3. The molecule has 0 radical (unpaired) electrons. The van der Waals surface area contributed by atoms with Crippen LogP contribution in [0.2, 0.25) is 0 Å². The van der Waals surface area contributed by atoms with Crippen molar-refractivity contribution in [1.82, 2.24) is 15.3 Å². The molecule has 0 aliphatic rings. The molecule has 1 atom stereocenters. The Hall–Kier alpha value is -2.02. The fraction of sp³-hybridized carbons (Fsp3) is 0.333. The summed E-state index contributed by atoms with van der Waals surface area (Å²) < 4.78 is 50.2. The third-order valence-corrected chi connectivity index (χ3v) is 3.16. The second-order valence-corrected chi connectivity index (χ2v) is 4.85. The topological polar surface area (TPSA) is 37.8 Å². The van der Waals surface area contributed by atoms with Crippen LogP contribution in [0.1, 0.15) is 29.9 Å². The molecule has 7 heteroatoms. The first-order chi connectivity index (χ1) is 10.4. The zero-order chi connectivity index (χ0) is 16.2. The van der Waals surface area contributed by atoms with Gasteiger partial charge in [-0.2, -0.15) is 17.6 Å². The van der Waals surface area contributed by atoms with Crippen LogP contribution in [-0.4, -0.2) is 16.5 Å². The van der Waals surface area contributed by atoms with Crippen LogP contribution in [0.15, 0.2) is 36.5 Å². The first kappa shape index (κ1) is 16.4. The summed E-state index contributed by atoms with van der Waals surface area (Å²) in [5.74, 6) is -0.546. The summed E-state index contributed by atoms with van der Waals surface area (Å²) >= 11 is 0. The highest BCUT2D eigenvalue weighted by Gasteiger charge is 2.30. The fourth-order valence-electron chi connectivity index (χ4n) is 1.93. The highest BCUT2D eigenvalue weighted by atomic mass is 19.4. The minimum atomic E-state index is -4.37. The van der Waals surface area contributed by atoms with Crippen LogP contribution in [0.5, 0.6) is 0 Å². The Morgan fingerprint density at radius 3 is 2.55 bits per heavy atom. The summed E-state index contributed by atoms with van der Waals surface area (Å²) in [4.78, 5) is 7.56. The molecule has 1 unspecified atom stereocenters. The van der Waals surface area contributed by atoms with Crippen molar-refractivity contribution in [3.63, 3.8) is 0 Å². The molecule has 3 nitrogen and oxygen atoms in total. The number of hydrogen-bond acceptors (Lipinski definition) is 3. The van der Waals surface area contributed by atoms with Gasteiger partial charge in [0.2, 0.25) is 5.95 Å². The first-order valence-corrected chi connectivity index (χ1v) is 6.74. The van der Waals surface area contributed by atoms with Gasteiger partial charge in [0.25, 0.3) is 0 Å². The van der Waals surface area contributed by atoms with Gasteiger partial charge in [-0.3, -0.25) is 4.98 Å². The summed E-state index contributed by atoms with van der Waals surface area (Å²) in [6, 6.07) is 6.76. The zero-order valence-corrected chi connectivity index (χ0v) is 11.9. The largest absolute Gasteiger partial charge is 0.417 e. The number of rotatable bonds is 5. The van der Waals surface area contributed by atoms with Crippen LogP contribution in [0, 0.1) is 5.95 Å². The van der Waals surface area contributed by atoms with Crippen molar-refractivity contribution in [2.45, 2.75) is 25.6 Å². The molecular weight excluding hydrogens is 298 g/mol. The molecule has 0 amide bonds. The van der Waals surface area contributed by atoms with Gasteiger partial charge in [0.05, 0.1) is 11.3 Å². The Bertz CT molecular complexity index is 611. The van der Waals surface area contributed by atoms with Gasteiger partial charge in [0, 0.05) is 30.9 Å². The lowest BCUT2D eigenvalue weighted by Gasteiger charge is -2.13.